The van der Waals surface area contributed by atoms with E-state index in [-0.39, 0.29) is 0 Å². The normalized spacial score (nSPS) is 10.4. The Bertz CT molecular complexity index is 993. The molecule has 0 aliphatic carbocycles. The maximum Gasteiger partial charge on any atom is 0.119 e. The molecule has 4 aromatic rings. The van der Waals surface area contributed by atoms with Crippen molar-refractivity contribution in [2.75, 3.05) is 19.1 Å². The van der Waals surface area contributed by atoms with E-state index in [0.29, 0.717) is 0 Å². The summed E-state index contributed by atoms with van der Waals surface area (Å²) in [6.07, 6.45) is 0. The number of methoxy groups -OCH3 is 2. The predicted octanol–water partition coefficient (Wildman–Crippen LogP) is 6.64. The van der Waals surface area contributed by atoms with Gasteiger partial charge in [0.2, 0.25) is 0 Å². The zero-order valence-corrected chi connectivity index (χ0v) is 16.5. The van der Waals surface area contributed by atoms with Gasteiger partial charge in [-0.1, -0.05) is 36.4 Å². The topological polar surface area (TPSA) is 21.7 Å². The van der Waals surface area contributed by atoms with Gasteiger partial charge < -0.3 is 14.4 Å². The Balaban J connectivity index is 1.74. The van der Waals surface area contributed by atoms with Gasteiger partial charge >= 0.3 is 0 Å². The largest absolute Gasteiger partial charge is 0.497 e. The second-order valence-electron chi connectivity index (χ2n) is 6.57. The minimum Gasteiger partial charge on any atom is -0.497 e. The summed E-state index contributed by atoms with van der Waals surface area (Å²) in [5.41, 5.74) is 5.53. The zero-order chi connectivity index (χ0) is 20.1. The third-order valence-electron chi connectivity index (χ3n) is 4.84. The summed E-state index contributed by atoms with van der Waals surface area (Å²) in [5.74, 6) is 1.67. The lowest BCUT2D eigenvalue weighted by molar-refractivity contribution is 0.415. The van der Waals surface area contributed by atoms with Gasteiger partial charge in [-0.15, -0.1) is 0 Å². The van der Waals surface area contributed by atoms with Gasteiger partial charge in [0.15, 0.2) is 0 Å². The van der Waals surface area contributed by atoms with Crippen LogP contribution < -0.4 is 14.4 Å². The fraction of sp³-hybridized carbons (Fsp3) is 0.0769. The number of rotatable bonds is 6. The monoisotopic (exact) mass is 380 g/mol. The molecule has 0 fully saturated rings. The predicted molar refractivity (Wildman–Crippen MR) is 119 cm³/mol. The first kappa shape index (κ1) is 18.6. The number of ether oxygens (including phenoxy) is 2. The smallest absolute Gasteiger partial charge is 0.119 e. The molecule has 0 bridgehead atoms. The lowest BCUT2D eigenvalue weighted by atomic mass is 10.0. The minimum atomic E-state index is 0.833. The van der Waals surface area contributed by atoms with Crippen molar-refractivity contribution in [2.24, 2.45) is 0 Å². The van der Waals surface area contributed by atoms with Crippen molar-refractivity contribution in [3.63, 3.8) is 0 Å². The molecule has 0 N–H and O–H groups in total. The van der Waals surface area contributed by atoms with E-state index < -0.39 is 0 Å². The number of benzene rings is 4. The Hall–Kier alpha value is -3.72. The van der Waals surface area contributed by atoms with Crippen LogP contribution in [-0.2, 0) is 0 Å². The van der Waals surface area contributed by atoms with Crippen molar-refractivity contribution in [3.05, 3.63) is 103 Å². The molecule has 0 amide bonds. The number of hydrogen-bond donors (Lipinski definition) is 0. The Morgan fingerprint density at radius 1 is 0.517 bits per heavy atom. The molecule has 0 atom stereocenters. The van der Waals surface area contributed by atoms with Gasteiger partial charge in [-0.3, -0.25) is 0 Å². The van der Waals surface area contributed by atoms with Gasteiger partial charge in [-0.25, -0.2) is 0 Å². The van der Waals surface area contributed by atoms with Crippen LogP contribution in [0.3, 0.4) is 0 Å². The van der Waals surface area contributed by atoms with E-state index in [0.717, 1.165) is 28.6 Å². The van der Waals surface area contributed by atoms with Gasteiger partial charge in [0, 0.05) is 17.1 Å². The maximum atomic E-state index is 5.32. The van der Waals surface area contributed by atoms with Crippen molar-refractivity contribution < 1.29 is 9.47 Å². The second-order valence-corrected chi connectivity index (χ2v) is 6.57. The summed E-state index contributed by atoms with van der Waals surface area (Å²) < 4.78 is 10.6. The molecule has 0 unspecified atom stereocenters. The molecule has 143 valence electrons. The molecule has 3 heteroatoms. The highest BCUT2D eigenvalue weighted by Gasteiger charge is 2.13. The number of anilines is 3. The molecular formula is C26H22NO2. The van der Waals surface area contributed by atoms with E-state index in [4.69, 9.17) is 9.47 Å². The van der Waals surface area contributed by atoms with Crippen LogP contribution in [0.5, 0.6) is 11.5 Å². The van der Waals surface area contributed by atoms with E-state index in [9.17, 15) is 0 Å². The molecular weight excluding hydrogens is 358 g/mol. The van der Waals surface area contributed by atoms with E-state index in [1.807, 2.05) is 36.4 Å². The lowest BCUT2D eigenvalue weighted by Gasteiger charge is -2.26. The highest BCUT2D eigenvalue weighted by molar-refractivity contribution is 5.78. The van der Waals surface area contributed by atoms with Crippen molar-refractivity contribution in [1.82, 2.24) is 0 Å². The Kier molecular flexibility index (Phi) is 5.48. The molecule has 0 spiro atoms. The summed E-state index contributed by atoms with van der Waals surface area (Å²) >= 11 is 0. The Morgan fingerprint density at radius 3 is 1.31 bits per heavy atom. The molecule has 0 aromatic heterocycles. The maximum absolute atomic E-state index is 5.32. The molecule has 0 aliphatic heterocycles. The first-order chi connectivity index (χ1) is 14.3. The molecule has 0 saturated heterocycles. The first-order valence-electron chi connectivity index (χ1n) is 9.43. The third-order valence-corrected chi connectivity index (χ3v) is 4.84. The summed E-state index contributed by atoms with van der Waals surface area (Å²) in [6.45, 7) is 0. The Morgan fingerprint density at radius 2 is 0.897 bits per heavy atom. The van der Waals surface area contributed by atoms with Gasteiger partial charge in [-0.05, 0) is 77.9 Å². The number of hydrogen-bond acceptors (Lipinski definition) is 3. The van der Waals surface area contributed by atoms with E-state index in [2.05, 4.69) is 71.6 Å². The molecule has 0 aliphatic rings. The summed E-state index contributed by atoms with van der Waals surface area (Å²) in [7, 11) is 3.35. The van der Waals surface area contributed by atoms with Crippen molar-refractivity contribution in [1.29, 1.82) is 0 Å². The van der Waals surface area contributed by atoms with Gasteiger partial charge in [0.25, 0.3) is 0 Å². The highest BCUT2D eigenvalue weighted by atomic mass is 16.5. The van der Waals surface area contributed by atoms with Gasteiger partial charge in [-0.2, -0.15) is 0 Å². The van der Waals surface area contributed by atoms with Crippen LogP contribution in [0.4, 0.5) is 17.1 Å². The summed E-state index contributed by atoms with van der Waals surface area (Å²) in [6, 6.07) is 35.8. The molecule has 4 aromatic carbocycles. The number of nitrogens with zero attached hydrogens (tertiary/aromatic N) is 1. The van der Waals surface area contributed by atoms with Crippen LogP contribution in [0.1, 0.15) is 0 Å². The molecule has 0 saturated carbocycles. The van der Waals surface area contributed by atoms with Gasteiger partial charge in [0.05, 0.1) is 14.2 Å². The SMILES string of the molecule is COc1ccc(N(c2ccc(OC)cc2)c2ccc(-c3cc[c]cc3)cc2)cc1. The van der Waals surface area contributed by atoms with Crippen LogP contribution in [0.15, 0.2) is 97.1 Å². The quantitative estimate of drug-likeness (QED) is 0.374. The lowest BCUT2D eigenvalue weighted by Crippen LogP contribution is -2.09. The third kappa shape index (κ3) is 4.09. The fourth-order valence-corrected chi connectivity index (χ4v) is 3.29. The van der Waals surface area contributed by atoms with Crippen LogP contribution in [0, 0.1) is 6.07 Å². The minimum absolute atomic E-state index is 0.833. The fourth-order valence-electron chi connectivity index (χ4n) is 3.29. The molecule has 0 heterocycles. The zero-order valence-electron chi connectivity index (χ0n) is 16.5. The Labute approximate surface area is 171 Å². The van der Waals surface area contributed by atoms with Gasteiger partial charge in [0.1, 0.15) is 11.5 Å². The summed E-state index contributed by atoms with van der Waals surface area (Å²) in [4.78, 5) is 2.21. The summed E-state index contributed by atoms with van der Waals surface area (Å²) in [5, 5.41) is 0. The van der Waals surface area contributed by atoms with Crippen LogP contribution >= 0.6 is 0 Å². The van der Waals surface area contributed by atoms with E-state index >= 15 is 0 Å². The average Bonchev–Trinajstić information content (AvgIpc) is 2.81. The van der Waals surface area contributed by atoms with Crippen molar-refractivity contribution in [3.8, 4) is 22.6 Å². The molecule has 1 radical (unpaired) electrons. The van der Waals surface area contributed by atoms with Crippen molar-refractivity contribution in [2.45, 2.75) is 0 Å². The first-order valence-corrected chi connectivity index (χ1v) is 9.43. The van der Waals surface area contributed by atoms with Crippen molar-refractivity contribution >= 4 is 17.1 Å². The molecule has 4 rings (SSSR count). The standard InChI is InChI=1S/C26H22NO2/c1-28-25-16-12-23(13-17-25)27(24-14-18-26(29-2)19-15-24)22-10-8-21(9-11-22)20-6-4-3-5-7-20/h4-19H,1-2H3. The average molecular weight is 380 g/mol. The van der Waals surface area contributed by atoms with Crippen LogP contribution in [0.2, 0.25) is 0 Å². The van der Waals surface area contributed by atoms with Crippen LogP contribution in [-0.4, -0.2) is 14.2 Å². The van der Waals surface area contributed by atoms with Crippen LogP contribution in [0.25, 0.3) is 11.1 Å². The second kappa shape index (κ2) is 8.53. The molecule has 29 heavy (non-hydrogen) atoms. The van der Waals surface area contributed by atoms with E-state index in [1.54, 1.807) is 14.2 Å². The molecule has 3 nitrogen and oxygen atoms in total. The van der Waals surface area contributed by atoms with E-state index in [1.165, 1.54) is 11.1 Å². The highest BCUT2D eigenvalue weighted by Crippen LogP contribution is 2.36.